The van der Waals surface area contributed by atoms with Crippen molar-refractivity contribution in [2.45, 2.75) is 26.2 Å². The van der Waals surface area contributed by atoms with Crippen LogP contribution in [0.25, 0.3) is 0 Å². The number of nitrogens with one attached hydrogen (secondary N) is 1. The number of ether oxygens (including phenoxy) is 3. The van der Waals surface area contributed by atoms with Crippen molar-refractivity contribution >= 4 is 28.1 Å². The van der Waals surface area contributed by atoms with Crippen molar-refractivity contribution in [3.8, 4) is 17.2 Å². The number of benzene rings is 1. The summed E-state index contributed by atoms with van der Waals surface area (Å²) >= 11 is 1.40. The van der Waals surface area contributed by atoms with Gasteiger partial charge in [0.05, 0.1) is 31.9 Å². The first kappa shape index (κ1) is 19.9. The van der Waals surface area contributed by atoms with E-state index < -0.39 is 16.5 Å². The van der Waals surface area contributed by atoms with Gasteiger partial charge in [0.15, 0.2) is 10.9 Å². The third kappa shape index (κ3) is 3.59. The summed E-state index contributed by atoms with van der Waals surface area (Å²) in [6, 6.07) is 1.27. The van der Waals surface area contributed by atoms with Crippen molar-refractivity contribution in [3.05, 3.63) is 32.3 Å². The molecule has 10 heteroatoms. The number of rotatable bonds is 6. The zero-order valence-electron chi connectivity index (χ0n) is 16.0. The molecule has 28 heavy (non-hydrogen) atoms. The molecule has 0 bridgehead atoms. The van der Waals surface area contributed by atoms with E-state index in [-0.39, 0.29) is 22.8 Å². The van der Waals surface area contributed by atoms with Crippen molar-refractivity contribution in [1.29, 1.82) is 0 Å². The van der Waals surface area contributed by atoms with Crippen LogP contribution in [-0.4, -0.2) is 37.1 Å². The van der Waals surface area contributed by atoms with Gasteiger partial charge in [-0.05, 0) is 25.2 Å². The number of fused-ring (bicyclic) bond motifs is 1. The van der Waals surface area contributed by atoms with Crippen LogP contribution in [0.1, 0.15) is 34.3 Å². The molecule has 1 N–H and O–H groups in total. The van der Waals surface area contributed by atoms with Crippen LogP contribution in [0.4, 0.5) is 10.8 Å². The van der Waals surface area contributed by atoms with Crippen molar-refractivity contribution in [2.24, 2.45) is 5.92 Å². The molecule has 9 nitrogen and oxygen atoms in total. The number of nitrogens with zero attached hydrogens (tertiary/aromatic N) is 2. The molecule has 0 saturated heterocycles. The Hall–Kier alpha value is -2.88. The third-order valence-electron chi connectivity index (χ3n) is 4.64. The number of carbonyl (C=O) groups excluding carboxylic acids is 1. The molecule has 0 spiro atoms. The highest BCUT2D eigenvalue weighted by Gasteiger charge is 2.33. The van der Waals surface area contributed by atoms with E-state index >= 15 is 0 Å². The van der Waals surface area contributed by atoms with E-state index in [1.807, 2.05) is 0 Å². The molecule has 0 fully saturated rings. The second-order valence-corrected chi connectivity index (χ2v) is 7.57. The van der Waals surface area contributed by atoms with Crippen LogP contribution in [0.15, 0.2) is 6.07 Å². The Morgan fingerprint density at radius 3 is 2.61 bits per heavy atom. The van der Waals surface area contributed by atoms with Crippen LogP contribution in [0.3, 0.4) is 0 Å². The highest BCUT2D eigenvalue weighted by atomic mass is 32.1. The predicted molar refractivity (Wildman–Crippen MR) is 104 cm³/mol. The molecule has 1 unspecified atom stereocenters. The number of amides is 1. The monoisotopic (exact) mass is 407 g/mol. The average molecular weight is 407 g/mol. The van der Waals surface area contributed by atoms with E-state index in [1.54, 1.807) is 0 Å². The number of carbonyl (C=O) groups is 1. The summed E-state index contributed by atoms with van der Waals surface area (Å²) in [5.74, 6) is -0.0589. The molecule has 3 rings (SSSR count). The minimum Gasteiger partial charge on any atom is -0.493 e. The zero-order valence-corrected chi connectivity index (χ0v) is 16.8. The number of hydrogen-bond donors (Lipinski definition) is 1. The van der Waals surface area contributed by atoms with E-state index in [1.165, 1.54) is 38.7 Å². The Morgan fingerprint density at radius 1 is 1.29 bits per heavy atom. The van der Waals surface area contributed by atoms with Gasteiger partial charge in [0.1, 0.15) is 5.56 Å². The fourth-order valence-corrected chi connectivity index (χ4v) is 4.42. The summed E-state index contributed by atoms with van der Waals surface area (Å²) in [5, 5.41) is 14.8. The maximum Gasteiger partial charge on any atom is 0.327 e. The summed E-state index contributed by atoms with van der Waals surface area (Å²) in [6.45, 7) is 2.18. The minimum absolute atomic E-state index is 0.0481. The van der Waals surface area contributed by atoms with E-state index in [2.05, 4.69) is 17.2 Å². The number of thiazole rings is 1. The van der Waals surface area contributed by atoms with Gasteiger partial charge in [0.2, 0.25) is 11.5 Å². The van der Waals surface area contributed by atoms with Crippen molar-refractivity contribution in [3.63, 3.8) is 0 Å². The standard InChI is InChI=1S/C18H21N3O6S/c1-9-5-6-11-13(7-9)28-18(19-11)20-17(22)10-8-12(25-2)15(26-3)16(27-4)14(10)21(23)24/h8-9H,5-7H2,1-4H3,(H,19,20,22). The lowest BCUT2D eigenvalue weighted by Gasteiger charge is -2.15. The Labute approximate surface area is 165 Å². The molecule has 1 aromatic heterocycles. The van der Waals surface area contributed by atoms with Gasteiger partial charge in [-0.25, -0.2) is 4.98 Å². The first-order chi connectivity index (χ1) is 13.4. The topological polar surface area (TPSA) is 113 Å². The van der Waals surface area contributed by atoms with Crippen molar-refractivity contribution in [1.82, 2.24) is 4.98 Å². The second kappa shape index (κ2) is 8.01. The second-order valence-electron chi connectivity index (χ2n) is 6.49. The normalized spacial score (nSPS) is 15.5. The van der Waals surface area contributed by atoms with Crippen LogP contribution in [0, 0.1) is 16.0 Å². The van der Waals surface area contributed by atoms with E-state index in [0.29, 0.717) is 11.0 Å². The smallest absolute Gasteiger partial charge is 0.327 e. The van der Waals surface area contributed by atoms with Gasteiger partial charge in [-0.1, -0.05) is 6.92 Å². The fraction of sp³-hybridized carbons (Fsp3) is 0.444. The third-order valence-corrected chi connectivity index (χ3v) is 5.67. The molecule has 0 radical (unpaired) electrons. The average Bonchev–Trinajstić information content (AvgIpc) is 3.06. The molecule has 1 aromatic carbocycles. The van der Waals surface area contributed by atoms with Crippen LogP contribution < -0.4 is 19.5 Å². The van der Waals surface area contributed by atoms with Crippen molar-refractivity contribution in [2.75, 3.05) is 26.6 Å². The van der Waals surface area contributed by atoms with Gasteiger partial charge in [-0.2, -0.15) is 0 Å². The summed E-state index contributed by atoms with van der Waals surface area (Å²) in [5.41, 5.74) is 0.298. The fourth-order valence-electron chi connectivity index (χ4n) is 3.25. The summed E-state index contributed by atoms with van der Waals surface area (Å²) in [7, 11) is 3.98. The molecule has 150 valence electrons. The van der Waals surface area contributed by atoms with Crippen molar-refractivity contribution < 1.29 is 23.9 Å². The van der Waals surface area contributed by atoms with Crippen LogP contribution in [0.5, 0.6) is 17.2 Å². The molecular weight excluding hydrogens is 386 g/mol. The number of aryl methyl sites for hydroxylation is 1. The maximum atomic E-state index is 12.9. The molecule has 1 amide bonds. The maximum absolute atomic E-state index is 12.9. The predicted octanol–water partition coefficient (Wildman–Crippen LogP) is 3.45. The molecule has 1 atom stereocenters. The van der Waals surface area contributed by atoms with E-state index in [9.17, 15) is 14.9 Å². The largest absolute Gasteiger partial charge is 0.493 e. The van der Waals surface area contributed by atoms with Gasteiger partial charge < -0.3 is 14.2 Å². The van der Waals surface area contributed by atoms with Crippen LogP contribution in [0.2, 0.25) is 0 Å². The number of nitro benzene ring substituents is 1. The Kier molecular flexibility index (Phi) is 5.68. The molecular formula is C18H21N3O6S. The molecule has 0 saturated carbocycles. The minimum atomic E-state index is -0.676. The van der Waals surface area contributed by atoms with E-state index in [4.69, 9.17) is 14.2 Å². The lowest BCUT2D eigenvalue weighted by Crippen LogP contribution is -2.15. The van der Waals surface area contributed by atoms with Gasteiger partial charge in [0.25, 0.3) is 5.91 Å². The lowest BCUT2D eigenvalue weighted by molar-refractivity contribution is -0.386. The first-order valence-corrected chi connectivity index (χ1v) is 9.48. The van der Waals surface area contributed by atoms with Gasteiger partial charge >= 0.3 is 5.69 Å². The van der Waals surface area contributed by atoms with Gasteiger partial charge in [-0.3, -0.25) is 20.2 Å². The number of methoxy groups -OCH3 is 3. The van der Waals surface area contributed by atoms with E-state index in [0.717, 1.165) is 29.8 Å². The van der Waals surface area contributed by atoms with Gasteiger partial charge in [0, 0.05) is 10.9 Å². The first-order valence-electron chi connectivity index (χ1n) is 8.66. The number of nitro groups is 1. The Balaban J connectivity index is 2.00. The molecule has 1 aliphatic carbocycles. The summed E-state index contributed by atoms with van der Waals surface area (Å²) < 4.78 is 15.5. The molecule has 2 aromatic rings. The summed E-state index contributed by atoms with van der Waals surface area (Å²) in [6.07, 6.45) is 2.85. The Bertz CT molecular complexity index is 927. The SMILES string of the molecule is COc1cc(C(=O)Nc2nc3c(s2)CC(C)CC3)c([N+](=O)[O-])c(OC)c1OC. The molecule has 1 heterocycles. The highest BCUT2D eigenvalue weighted by Crippen LogP contribution is 2.46. The van der Waals surface area contributed by atoms with Crippen LogP contribution in [-0.2, 0) is 12.8 Å². The van der Waals surface area contributed by atoms with Gasteiger partial charge in [-0.15, -0.1) is 11.3 Å². The summed E-state index contributed by atoms with van der Waals surface area (Å²) in [4.78, 5) is 29.5. The molecule has 1 aliphatic rings. The lowest BCUT2D eigenvalue weighted by atomic mass is 9.93. The Morgan fingerprint density at radius 2 is 2.00 bits per heavy atom. The molecule has 0 aliphatic heterocycles. The highest BCUT2D eigenvalue weighted by molar-refractivity contribution is 7.15. The van der Waals surface area contributed by atoms with Crippen LogP contribution >= 0.6 is 11.3 Å². The number of aromatic nitrogens is 1. The zero-order chi connectivity index (χ0) is 20.4. The number of anilines is 1. The number of hydrogen-bond acceptors (Lipinski definition) is 8. The quantitative estimate of drug-likeness (QED) is 0.576.